The first-order chi connectivity index (χ1) is 6.93. The molecule has 0 aliphatic heterocycles. The number of anilines is 2. The molecule has 0 atom stereocenters. The summed E-state index contributed by atoms with van der Waals surface area (Å²) in [5, 5.41) is 12.9. The zero-order chi connectivity index (χ0) is 11.5. The summed E-state index contributed by atoms with van der Waals surface area (Å²) in [5.41, 5.74) is 7.49. The number of hydrogen-bond acceptors (Lipinski definition) is 4. The lowest BCUT2D eigenvalue weighted by Crippen LogP contribution is -2.45. The molecule has 4 N–H and O–H groups in total. The van der Waals surface area contributed by atoms with Crippen molar-refractivity contribution in [1.82, 2.24) is 0 Å². The second kappa shape index (κ2) is 4.29. The molecule has 1 rings (SSSR count). The Bertz CT molecular complexity index is 341. The van der Waals surface area contributed by atoms with Gasteiger partial charge in [0.05, 0.1) is 5.54 Å². The number of hydrogen-bond donors (Lipinski definition) is 3. The van der Waals surface area contributed by atoms with Gasteiger partial charge in [-0.3, -0.25) is 4.79 Å². The summed E-state index contributed by atoms with van der Waals surface area (Å²) in [6.07, 6.45) is 0. The van der Waals surface area contributed by atoms with Crippen LogP contribution in [0, 0.1) is 5.21 Å². The van der Waals surface area contributed by atoms with Gasteiger partial charge >= 0.3 is 0 Å². The number of carbonyl (C=O) groups excluding carboxylic acids is 1. The molecule has 0 aliphatic rings. The maximum absolute atomic E-state index is 11.5. The number of rotatable bonds is 3. The second-order valence-corrected chi connectivity index (χ2v) is 3.86. The number of amides is 1. The quantitative estimate of drug-likeness (QED) is 0.652. The third-order valence-electron chi connectivity index (χ3n) is 1.85. The van der Waals surface area contributed by atoms with Crippen LogP contribution in [-0.2, 0) is 4.79 Å². The Hall–Kier alpha value is -1.59. The van der Waals surface area contributed by atoms with Gasteiger partial charge in [-0.15, -0.1) is 0 Å². The second-order valence-electron chi connectivity index (χ2n) is 3.86. The molecule has 0 bridgehead atoms. The highest BCUT2D eigenvalue weighted by molar-refractivity contribution is 5.97. The Labute approximate surface area is 88.2 Å². The van der Waals surface area contributed by atoms with Crippen LogP contribution in [0.5, 0.6) is 0 Å². The Morgan fingerprint density at radius 2 is 1.73 bits per heavy atom. The van der Waals surface area contributed by atoms with Crippen LogP contribution in [0.15, 0.2) is 24.3 Å². The van der Waals surface area contributed by atoms with Gasteiger partial charge in [0.25, 0.3) is 0 Å². The van der Waals surface area contributed by atoms with Crippen molar-refractivity contribution < 1.29 is 4.79 Å². The summed E-state index contributed by atoms with van der Waals surface area (Å²) >= 11 is 0. The van der Waals surface area contributed by atoms with E-state index >= 15 is 0 Å². The van der Waals surface area contributed by atoms with E-state index in [-0.39, 0.29) is 5.91 Å². The van der Waals surface area contributed by atoms with Crippen LogP contribution < -0.4 is 16.5 Å². The molecular weight excluding hydrogens is 194 g/mol. The number of benzene rings is 1. The molecule has 0 aromatic heterocycles. The van der Waals surface area contributed by atoms with Crippen molar-refractivity contribution in [3.8, 4) is 0 Å². The molecule has 0 heterocycles. The Morgan fingerprint density at radius 3 is 2.13 bits per heavy atom. The third-order valence-corrected chi connectivity index (χ3v) is 1.85. The summed E-state index contributed by atoms with van der Waals surface area (Å²) in [6.45, 7) is 3.24. The molecule has 15 heavy (non-hydrogen) atoms. The molecule has 0 saturated carbocycles. The topological polar surface area (TPSA) is 90.2 Å². The third kappa shape index (κ3) is 3.23. The summed E-state index contributed by atoms with van der Waals surface area (Å²) in [4.78, 5) is 11.5. The fourth-order valence-electron chi connectivity index (χ4n) is 0.914. The van der Waals surface area contributed by atoms with Gasteiger partial charge in [0.15, 0.2) is 0 Å². The smallest absolute Gasteiger partial charge is 0.243 e. The van der Waals surface area contributed by atoms with Crippen LogP contribution in [0.4, 0.5) is 11.4 Å². The summed E-state index contributed by atoms with van der Waals surface area (Å²) in [6, 6.07) is 6.41. The molecule has 5 nitrogen and oxygen atoms in total. The lowest BCUT2D eigenvalue weighted by molar-refractivity contribution is -0.120. The highest BCUT2D eigenvalue weighted by Crippen LogP contribution is 2.14. The first-order valence-electron chi connectivity index (χ1n) is 4.52. The lowest BCUT2D eigenvalue weighted by atomic mass is 10.1. The van der Waals surface area contributed by atoms with Crippen LogP contribution in [0.25, 0.3) is 0 Å². The van der Waals surface area contributed by atoms with E-state index in [1.807, 2.05) is 0 Å². The van der Waals surface area contributed by atoms with E-state index in [0.717, 1.165) is 0 Å². The van der Waals surface area contributed by atoms with Gasteiger partial charge in [0, 0.05) is 11.4 Å². The lowest BCUT2D eigenvalue weighted by Gasteiger charge is -2.18. The summed E-state index contributed by atoms with van der Waals surface area (Å²) in [7, 11) is 0. The van der Waals surface area contributed by atoms with Crippen molar-refractivity contribution in [2.75, 3.05) is 10.8 Å². The van der Waals surface area contributed by atoms with Gasteiger partial charge in [0.2, 0.25) is 5.91 Å². The van der Waals surface area contributed by atoms with Crippen molar-refractivity contribution in [3.63, 3.8) is 0 Å². The molecule has 1 aromatic carbocycles. The fraction of sp³-hybridized carbons (Fsp3) is 0.300. The first-order valence-corrected chi connectivity index (χ1v) is 4.52. The minimum absolute atomic E-state index is 0.273. The molecule has 0 saturated heterocycles. The number of carbonyl (C=O) groups is 1. The van der Waals surface area contributed by atoms with Gasteiger partial charge in [-0.1, -0.05) is 0 Å². The van der Waals surface area contributed by atoms with Crippen LogP contribution in [0.3, 0.4) is 0 Å². The summed E-state index contributed by atoms with van der Waals surface area (Å²) in [5.74, 6) is -0.273. The molecular formula is C10H14N3O2-. The normalized spacial score (nSPS) is 10.9. The maximum atomic E-state index is 11.5. The fourth-order valence-corrected chi connectivity index (χ4v) is 0.914. The van der Waals surface area contributed by atoms with E-state index in [9.17, 15) is 10.0 Å². The Morgan fingerprint density at radius 1 is 1.27 bits per heavy atom. The van der Waals surface area contributed by atoms with Crippen molar-refractivity contribution in [1.29, 1.82) is 0 Å². The van der Waals surface area contributed by atoms with E-state index in [1.165, 1.54) is 0 Å². The van der Waals surface area contributed by atoms with Gasteiger partial charge in [-0.05, 0) is 38.1 Å². The van der Waals surface area contributed by atoms with Crippen LogP contribution in [0.2, 0.25) is 0 Å². The summed E-state index contributed by atoms with van der Waals surface area (Å²) < 4.78 is 0. The molecule has 0 aliphatic carbocycles. The molecule has 0 fully saturated rings. The van der Waals surface area contributed by atoms with E-state index in [2.05, 4.69) is 5.32 Å². The monoisotopic (exact) mass is 208 g/mol. The van der Waals surface area contributed by atoms with E-state index < -0.39 is 5.54 Å². The Kier molecular flexibility index (Phi) is 3.28. The van der Waals surface area contributed by atoms with Crippen LogP contribution in [0.1, 0.15) is 13.8 Å². The molecule has 0 radical (unpaired) electrons. The van der Waals surface area contributed by atoms with Gasteiger partial charge in [-0.2, -0.15) is 0 Å². The SMILES string of the molecule is CC(C)(N)C(=O)Nc1ccc(N[O-])cc1. The minimum Gasteiger partial charge on any atom is -0.761 e. The maximum Gasteiger partial charge on any atom is 0.243 e. The van der Waals surface area contributed by atoms with Crippen molar-refractivity contribution in [2.24, 2.45) is 5.73 Å². The van der Waals surface area contributed by atoms with Gasteiger partial charge in [-0.25, -0.2) is 0 Å². The average Bonchev–Trinajstić information content (AvgIpc) is 2.17. The van der Waals surface area contributed by atoms with E-state index in [4.69, 9.17) is 5.73 Å². The van der Waals surface area contributed by atoms with Gasteiger partial charge in [0.1, 0.15) is 0 Å². The molecule has 1 aromatic rings. The standard InChI is InChI=1S/C10H14N3O2/c1-10(2,11)9(14)12-7-3-5-8(13-15)6-4-7/h3-6,13H,11H2,1-2H3,(H,12,14)/q-1. The van der Waals surface area contributed by atoms with Crippen LogP contribution in [-0.4, -0.2) is 11.4 Å². The average molecular weight is 208 g/mol. The van der Waals surface area contributed by atoms with Crippen LogP contribution >= 0.6 is 0 Å². The van der Waals surface area contributed by atoms with Crippen molar-refractivity contribution in [3.05, 3.63) is 29.5 Å². The number of nitrogens with two attached hydrogens (primary N) is 1. The minimum atomic E-state index is -0.921. The molecule has 82 valence electrons. The largest absolute Gasteiger partial charge is 0.761 e. The number of nitrogens with one attached hydrogen (secondary N) is 2. The molecule has 0 unspecified atom stereocenters. The Balaban J connectivity index is 2.70. The van der Waals surface area contributed by atoms with E-state index in [0.29, 0.717) is 11.4 Å². The predicted molar refractivity (Wildman–Crippen MR) is 60.3 cm³/mol. The van der Waals surface area contributed by atoms with E-state index in [1.54, 1.807) is 43.6 Å². The van der Waals surface area contributed by atoms with Crippen molar-refractivity contribution >= 4 is 17.3 Å². The first kappa shape index (κ1) is 11.5. The predicted octanol–water partition coefficient (Wildman–Crippen LogP) is 1.27. The zero-order valence-corrected chi connectivity index (χ0v) is 8.70. The highest BCUT2D eigenvalue weighted by atomic mass is 16.5. The highest BCUT2D eigenvalue weighted by Gasteiger charge is 2.21. The molecule has 0 spiro atoms. The van der Waals surface area contributed by atoms with Crippen molar-refractivity contribution in [2.45, 2.75) is 19.4 Å². The van der Waals surface area contributed by atoms with Gasteiger partial charge < -0.3 is 21.7 Å². The molecule has 1 amide bonds. The zero-order valence-electron chi connectivity index (χ0n) is 8.70. The molecule has 5 heteroatoms.